The lowest BCUT2D eigenvalue weighted by Gasteiger charge is -2.58. The molecule has 3 N–H and O–H groups in total. The fourth-order valence-corrected chi connectivity index (χ4v) is 11.5. The molecule has 8 atom stereocenters. The maximum atomic E-state index is 12.4. The molecule has 1 heterocycles. The van der Waals surface area contributed by atoms with E-state index in [9.17, 15) is 14.9 Å². The highest BCUT2D eigenvalue weighted by atomic mass is 16.6. The van der Waals surface area contributed by atoms with Gasteiger partial charge in [0.05, 0.1) is 10.6 Å². The highest BCUT2D eigenvalue weighted by Crippen LogP contribution is 2.67. The predicted molar refractivity (Wildman–Crippen MR) is 208 cm³/mol. The van der Waals surface area contributed by atoms with Crippen molar-refractivity contribution < 1.29 is 14.3 Å². The number of hydrogen-bond acceptors (Lipinski definition) is 8. The molecule has 0 radical (unpaired) electrons. The van der Waals surface area contributed by atoms with Crippen LogP contribution in [0.1, 0.15) is 137 Å². The van der Waals surface area contributed by atoms with E-state index < -0.39 is 4.92 Å². The van der Waals surface area contributed by atoms with Gasteiger partial charge >= 0.3 is 5.69 Å². The third-order valence-corrected chi connectivity index (χ3v) is 14.4. The Bertz CT molecular complexity index is 1560. The Labute approximate surface area is 311 Å². The molecule has 52 heavy (non-hydrogen) atoms. The Morgan fingerprint density at radius 3 is 2.58 bits per heavy atom. The molecule has 288 valence electrons. The summed E-state index contributed by atoms with van der Waals surface area (Å²) in [6.07, 6.45) is 21.9. The molecule has 1 aromatic carbocycles. The van der Waals surface area contributed by atoms with Crippen molar-refractivity contribution in [2.24, 2.45) is 46.3 Å². The molecule has 0 aliphatic heterocycles. The maximum Gasteiger partial charge on any atom is 0.300 e. The maximum absolute atomic E-state index is 12.4. The molecule has 3 fully saturated rings. The van der Waals surface area contributed by atoms with E-state index in [4.69, 9.17) is 4.63 Å². The average molecular weight is 719 g/mol. The van der Waals surface area contributed by atoms with Gasteiger partial charge in [0.25, 0.3) is 0 Å². The van der Waals surface area contributed by atoms with Crippen molar-refractivity contribution >= 4 is 28.3 Å². The summed E-state index contributed by atoms with van der Waals surface area (Å²) in [6, 6.07) is 3.59. The summed E-state index contributed by atoms with van der Waals surface area (Å²) < 4.78 is 4.72. The number of carbonyl (C=O) groups is 1. The third-order valence-electron chi connectivity index (χ3n) is 14.4. The molecular weight excluding hydrogens is 652 g/mol. The number of nitrogens with zero attached hydrogens (tertiary/aromatic N) is 3. The van der Waals surface area contributed by atoms with Crippen LogP contribution in [0.5, 0.6) is 0 Å². The Hall–Kier alpha value is -3.01. The number of carbonyl (C=O) groups excluding carboxylic acids is 1. The topological polar surface area (TPSA) is 135 Å². The van der Waals surface area contributed by atoms with Crippen molar-refractivity contribution in [3.63, 3.8) is 0 Å². The van der Waals surface area contributed by atoms with E-state index in [1.807, 2.05) is 0 Å². The molecular formula is C42H66N6O4. The second kappa shape index (κ2) is 17.0. The lowest BCUT2D eigenvalue weighted by molar-refractivity contribution is -0.383. The van der Waals surface area contributed by atoms with Gasteiger partial charge in [-0.2, -0.15) is 0 Å². The summed E-state index contributed by atoms with van der Waals surface area (Å²) in [4.78, 5) is 23.1. The first-order valence-corrected chi connectivity index (χ1v) is 20.8. The van der Waals surface area contributed by atoms with Crippen molar-refractivity contribution in [2.75, 3.05) is 25.0 Å². The van der Waals surface area contributed by atoms with Crippen LogP contribution in [0, 0.1) is 56.5 Å². The van der Waals surface area contributed by atoms with Crippen LogP contribution in [0.4, 0.5) is 11.4 Å². The number of amides is 1. The van der Waals surface area contributed by atoms with Crippen molar-refractivity contribution in [2.45, 2.75) is 143 Å². The van der Waals surface area contributed by atoms with E-state index in [0.29, 0.717) is 47.6 Å². The summed E-state index contributed by atoms with van der Waals surface area (Å²) in [7, 11) is 0. The van der Waals surface area contributed by atoms with Gasteiger partial charge in [-0.25, -0.2) is 4.63 Å². The lowest BCUT2D eigenvalue weighted by Crippen LogP contribution is -2.51. The first-order valence-electron chi connectivity index (χ1n) is 20.8. The van der Waals surface area contributed by atoms with Crippen LogP contribution in [0.3, 0.4) is 0 Å². The molecule has 3 saturated carbocycles. The smallest absolute Gasteiger partial charge is 0.300 e. The molecule has 1 amide bonds. The van der Waals surface area contributed by atoms with Gasteiger partial charge in [-0.05, 0) is 140 Å². The van der Waals surface area contributed by atoms with Crippen LogP contribution in [-0.4, -0.2) is 46.8 Å². The number of aromatic nitrogens is 2. The van der Waals surface area contributed by atoms with Crippen LogP contribution < -0.4 is 16.0 Å². The zero-order valence-corrected chi connectivity index (χ0v) is 32.7. The summed E-state index contributed by atoms with van der Waals surface area (Å²) >= 11 is 0. The first kappa shape index (κ1) is 38.7. The Balaban J connectivity index is 0.856. The molecule has 0 saturated heterocycles. The molecule has 10 heteroatoms. The number of nitro benzene ring substituents is 1. The van der Waals surface area contributed by atoms with Gasteiger partial charge in [-0.15, -0.1) is 0 Å². The second-order valence-electron chi connectivity index (χ2n) is 18.0. The number of allylic oxidation sites excluding steroid dienone is 1. The number of nitrogens with one attached hydrogen (secondary N) is 3. The van der Waals surface area contributed by atoms with Crippen LogP contribution in [0.15, 0.2) is 28.4 Å². The van der Waals surface area contributed by atoms with E-state index in [-0.39, 0.29) is 17.1 Å². The van der Waals surface area contributed by atoms with Crippen LogP contribution in [0.25, 0.3) is 11.0 Å². The van der Waals surface area contributed by atoms with Gasteiger partial charge in [-0.3, -0.25) is 14.9 Å². The van der Waals surface area contributed by atoms with Gasteiger partial charge in [0, 0.05) is 31.6 Å². The quantitative estimate of drug-likeness (QED) is 0.0600. The van der Waals surface area contributed by atoms with E-state index in [1.165, 1.54) is 76.7 Å². The van der Waals surface area contributed by atoms with E-state index >= 15 is 0 Å². The highest BCUT2D eigenvalue weighted by Gasteiger charge is 2.59. The standard InChI is InChI=1S/C42H66N6O4/c1-28(2)11-9-12-29(3)33-16-17-34-32-15-14-30-27-31(20-22-41(30,4)35(32)21-23-42(33,34)5)43-25-10-26-45-38(49)13-7-6-8-24-44-36-18-19-37(48(50)51)40-39(36)46-52-47-40/h14,18-19,28-29,31-35,43-44H,6-13,15-17,20-27H2,1-5H3,(H,45,49)/t29?,31-,32?,33+,34?,35?,41-,42+/m0/s1. The minimum absolute atomic E-state index is 0.117. The predicted octanol–water partition coefficient (Wildman–Crippen LogP) is 9.61. The summed E-state index contributed by atoms with van der Waals surface area (Å²) in [6.45, 7) is 15.0. The summed E-state index contributed by atoms with van der Waals surface area (Å²) in [5, 5.41) is 28.9. The normalized spacial score (nSPS) is 30.3. The number of hydrogen-bond donors (Lipinski definition) is 3. The molecule has 10 nitrogen and oxygen atoms in total. The number of non-ortho nitro benzene ring substituents is 1. The molecule has 4 aliphatic rings. The number of nitro groups is 1. The average Bonchev–Trinajstić information content (AvgIpc) is 3.74. The fourth-order valence-electron chi connectivity index (χ4n) is 11.5. The minimum Gasteiger partial charge on any atom is -0.383 e. The summed E-state index contributed by atoms with van der Waals surface area (Å²) in [5.74, 6) is 5.41. The van der Waals surface area contributed by atoms with Gasteiger partial charge in [0.1, 0.15) is 0 Å². The highest BCUT2D eigenvalue weighted by molar-refractivity contribution is 5.93. The monoisotopic (exact) mass is 719 g/mol. The first-order chi connectivity index (χ1) is 25.0. The Morgan fingerprint density at radius 1 is 0.942 bits per heavy atom. The van der Waals surface area contributed by atoms with E-state index in [1.54, 1.807) is 11.6 Å². The van der Waals surface area contributed by atoms with Gasteiger partial charge < -0.3 is 16.0 Å². The number of benzene rings is 1. The SMILES string of the molecule is CC(C)CCCC(C)[C@H]1CCC2C3CC=C4C[C@@H](NCCCNC(=O)CCCCCNc5ccc([N+](=O)[O-])c6nonc56)CC[C@]4(C)C3CC[C@@]21C. The van der Waals surface area contributed by atoms with Gasteiger partial charge in [0.15, 0.2) is 5.52 Å². The molecule has 0 bridgehead atoms. The van der Waals surface area contributed by atoms with Crippen LogP contribution >= 0.6 is 0 Å². The van der Waals surface area contributed by atoms with Crippen molar-refractivity contribution in [3.05, 3.63) is 33.9 Å². The molecule has 6 rings (SSSR count). The number of anilines is 1. The van der Waals surface area contributed by atoms with Crippen molar-refractivity contribution in [3.8, 4) is 0 Å². The van der Waals surface area contributed by atoms with Crippen LogP contribution in [-0.2, 0) is 4.79 Å². The van der Waals surface area contributed by atoms with Crippen molar-refractivity contribution in [1.29, 1.82) is 0 Å². The van der Waals surface area contributed by atoms with E-state index in [0.717, 1.165) is 67.7 Å². The molecule has 4 unspecified atom stereocenters. The summed E-state index contributed by atoms with van der Waals surface area (Å²) in [5.41, 5.74) is 3.72. The Kier molecular flexibility index (Phi) is 12.6. The third kappa shape index (κ3) is 8.37. The van der Waals surface area contributed by atoms with Crippen molar-refractivity contribution in [1.82, 2.24) is 20.9 Å². The second-order valence-corrected chi connectivity index (χ2v) is 18.0. The van der Waals surface area contributed by atoms with Gasteiger partial charge in [-0.1, -0.05) is 72.0 Å². The zero-order valence-electron chi connectivity index (χ0n) is 32.7. The molecule has 0 spiro atoms. The molecule has 2 aromatic rings. The number of unbranched alkanes of at least 4 members (excludes halogenated alkanes) is 2. The largest absolute Gasteiger partial charge is 0.383 e. The molecule has 4 aliphatic carbocycles. The zero-order chi connectivity index (χ0) is 36.9. The van der Waals surface area contributed by atoms with E-state index in [2.05, 4.69) is 67.0 Å². The number of rotatable bonds is 18. The number of fused-ring (bicyclic) bond motifs is 6. The minimum atomic E-state index is -0.491. The lowest BCUT2D eigenvalue weighted by atomic mass is 9.47. The Morgan fingerprint density at radius 2 is 1.77 bits per heavy atom. The molecule has 1 aromatic heterocycles. The fraction of sp³-hybridized carbons (Fsp3) is 0.786. The van der Waals surface area contributed by atoms with Crippen LogP contribution in [0.2, 0.25) is 0 Å². The van der Waals surface area contributed by atoms with Gasteiger partial charge in [0.2, 0.25) is 11.4 Å².